The molecule has 2 amide bonds. The van der Waals surface area contributed by atoms with Crippen LogP contribution in [0.5, 0.6) is 0 Å². The molecule has 0 aromatic heterocycles. The fourth-order valence-corrected chi connectivity index (χ4v) is 6.60. The number of amides is 2. The highest BCUT2D eigenvalue weighted by Gasteiger charge is 2.44. The molecule has 1 aliphatic heterocycles. The summed E-state index contributed by atoms with van der Waals surface area (Å²) in [6.45, 7) is 7.82. The molecule has 1 heterocycles. The van der Waals surface area contributed by atoms with Crippen molar-refractivity contribution in [2.24, 2.45) is 5.92 Å². The van der Waals surface area contributed by atoms with Crippen molar-refractivity contribution in [2.75, 3.05) is 19.8 Å². The Labute approximate surface area is 224 Å². The van der Waals surface area contributed by atoms with E-state index in [1.165, 1.54) is 5.56 Å². The van der Waals surface area contributed by atoms with Crippen LogP contribution in [0.3, 0.4) is 0 Å². The lowest BCUT2D eigenvalue weighted by atomic mass is 9.83. The van der Waals surface area contributed by atoms with Crippen molar-refractivity contribution >= 4 is 29.7 Å². The van der Waals surface area contributed by atoms with Crippen molar-refractivity contribution in [3.8, 4) is 0 Å². The third-order valence-corrected chi connectivity index (χ3v) is 8.36. The van der Waals surface area contributed by atoms with Crippen molar-refractivity contribution < 1.29 is 19.1 Å². The minimum atomic E-state index is -0.439. The Morgan fingerprint density at radius 1 is 1.11 bits per heavy atom. The van der Waals surface area contributed by atoms with Crippen LogP contribution in [0, 0.1) is 12.8 Å². The fourth-order valence-electron chi connectivity index (χ4n) is 5.19. The van der Waals surface area contributed by atoms with Crippen LogP contribution >= 0.6 is 11.8 Å². The molecule has 1 N–H and O–H groups in total. The molecule has 4 rings (SSSR count). The molecule has 2 aromatic carbocycles. The summed E-state index contributed by atoms with van der Waals surface area (Å²) < 4.78 is 11.1. The minimum absolute atomic E-state index is 0.00464. The molecule has 0 radical (unpaired) electrons. The maximum Gasteiger partial charge on any atom is 0.260 e. The smallest absolute Gasteiger partial charge is 0.260 e. The molecule has 1 saturated carbocycles. The van der Waals surface area contributed by atoms with Crippen LogP contribution in [0.25, 0.3) is 6.08 Å². The van der Waals surface area contributed by atoms with Gasteiger partial charge in [0.2, 0.25) is 5.91 Å². The van der Waals surface area contributed by atoms with Gasteiger partial charge in [0.25, 0.3) is 5.91 Å². The van der Waals surface area contributed by atoms with E-state index in [4.69, 9.17) is 9.47 Å². The van der Waals surface area contributed by atoms with E-state index in [0.29, 0.717) is 32.7 Å². The van der Waals surface area contributed by atoms with Crippen LogP contribution in [-0.4, -0.2) is 54.1 Å². The Kier molecular flexibility index (Phi) is 9.83. The summed E-state index contributed by atoms with van der Waals surface area (Å²) in [5.41, 5.74) is 3.31. The number of nitrogens with zero attached hydrogens (tertiary/aromatic N) is 1. The normalized spacial score (nSPS) is 22.8. The minimum Gasteiger partial charge on any atom is -0.351 e. The molecule has 2 aromatic rings. The molecule has 3 unspecified atom stereocenters. The summed E-state index contributed by atoms with van der Waals surface area (Å²) >= 11 is 1.68. The topological polar surface area (TPSA) is 67.9 Å². The lowest BCUT2D eigenvalue weighted by molar-refractivity contribution is -0.143. The molecule has 198 valence electrons. The van der Waals surface area contributed by atoms with Crippen LogP contribution in [0.2, 0.25) is 0 Å². The highest BCUT2D eigenvalue weighted by molar-refractivity contribution is 8.04. The van der Waals surface area contributed by atoms with Crippen molar-refractivity contribution in [2.45, 2.75) is 64.2 Å². The Morgan fingerprint density at radius 3 is 2.57 bits per heavy atom. The first kappa shape index (κ1) is 27.4. The predicted molar refractivity (Wildman–Crippen MR) is 149 cm³/mol. The third kappa shape index (κ3) is 7.24. The average molecular weight is 523 g/mol. The number of carbonyl (C=O) groups excluding carboxylic acids is 2. The molecule has 6 nitrogen and oxygen atoms in total. The van der Waals surface area contributed by atoms with Gasteiger partial charge in [-0.3, -0.25) is 9.59 Å². The molecule has 7 heteroatoms. The molecule has 2 fully saturated rings. The number of fused-ring (bicyclic) bond motifs is 1. The van der Waals surface area contributed by atoms with E-state index in [1.54, 1.807) is 11.8 Å². The van der Waals surface area contributed by atoms with E-state index < -0.39 is 6.29 Å². The van der Waals surface area contributed by atoms with E-state index in [0.717, 1.165) is 28.9 Å². The zero-order valence-electron chi connectivity index (χ0n) is 22.0. The van der Waals surface area contributed by atoms with Crippen molar-refractivity contribution in [3.05, 3.63) is 76.2 Å². The van der Waals surface area contributed by atoms with Crippen molar-refractivity contribution in [1.29, 1.82) is 0 Å². The Hall–Kier alpha value is -2.61. The Morgan fingerprint density at radius 2 is 1.86 bits per heavy atom. The monoisotopic (exact) mass is 522 g/mol. The number of ether oxygens (including phenoxy) is 2. The second kappa shape index (κ2) is 13.3. The molecule has 0 bridgehead atoms. The first-order valence-electron chi connectivity index (χ1n) is 13.3. The van der Waals surface area contributed by atoms with Gasteiger partial charge in [0.15, 0.2) is 6.29 Å². The highest BCUT2D eigenvalue weighted by Crippen LogP contribution is 2.44. The van der Waals surface area contributed by atoms with Gasteiger partial charge in [0.05, 0.1) is 11.4 Å². The lowest BCUT2D eigenvalue weighted by Gasteiger charge is -2.46. The summed E-state index contributed by atoms with van der Waals surface area (Å²) in [5, 5.41) is 3.30. The lowest BCUT2D eigenvalue weighted by Crippen LogP contribution is -2.54. The standard InChI is InChI=1S/C30H38N2O4S/c1-4-35-28(36-5-2)19-31-29(33)24-14-15-26-25(18-24)32(20-23-13-9-10-21(3)16-23)30(34)27(37-26)17-22-11-7-6-8-12-22/h6-13,16-17,24-26,28H,4-5,14-15,18-20H2,1-3H3,(H,31,33)/b27-17-. The van der Waals surface area contributed by atoms with Gasteiger partial charge in [0, 0.05) is 37.0 Å². The summed E-state index contributed by atoms with van der Waals surface area (Å²) in [4.78, 5) is 29.7. The molecular formula is C30H38N2O4S. The summed E-state index contributed by atoms with van der Waals surface area (Å²) in [6.07, 6.45) is 3.92. The molecule has 1 saturated heterocycles. The van der Waals surface area contributed by atoms with E-state index >= 15 is 0 Å². The fraction of sp³-hybridized carbons (Fsp3) is 0.467. The van der Waals surface area contributed by atoms with Gasteiger partial charge in [-0.05, 0) is 57.2 Å². The number of hydrogen-bond donors (Lipinski definition) is 1. The quantitative estimate of drug-likeness (QED) is 0.345. The second-order valence-electron chi connectivity index (χ2n) is 9.66. The summed E-state index contributed by atoms with van der Waals surface area (Å²) in [6, 6.07) is 18.3. The van der Waals surface area contributed by atoms with Crippen molar-refractivity contribution in [1.82, 2.24) is 10.2 Å². The zero-order chi connectivity index (χ0) is 26.2. The average Bonchev–Trinajstić information content (AvgIpc) is 2.90. The number of thioether (sulfide) groups is 1. The van der Waals surface area contributed by atoms with Crippen LogP contribution in [0.15, 0.2) is 59.5 Å². The van der Waals surface area contributed by atoms with Crippen molar-refractivity contribution in [3.63, 3.8) is 0 Å². The summed E-state index contributed by atoms with van der Waals surface area (Å²) in [7, 11) is 0. The van der Waals surface area contributed by atoms with E-state index in [-0.39, 0.29) is 29.0 Å². The Balaban J connectivity index is 1.52. The van der Waals surface area contributed by atoms with Gasteiger partial charge in [0.1, 0.15) is 0 Å². The van der Waals surface area contributed by atoms with Crippen LogP contribution < -0.4 is 5.32 Å². The molecular weight excluding hydrogens is 484 g/mol. The maximum atomic E-state index is 13.8. The molecule has 2 aliphatic rings. The van der Waals surface area contributed by atoms with Gasteiger partial charge in [-0.1, -0.05) is 60.2 Å². The number of aryl methyl sites for hydroxylation is 1. The number of carbonyl (C=O) groups is 2. The van der Waals surface area contributed by atoms with Gasteiger partial charge in [-0.15, -0.1) is 11.8 Å². The number of rotatable bonds is 10. The third-order valence-electron chi connectivity index (χ3n) is 6.96. The summed E-state index contributed by atoms with van der Waals surface area (Å²) in [5.74, 6) is -0.0786. The van der Waals surface area contributed by atoms with Crippen LogP contribution in [-0.2, 0) is 25.6 Å². The Bertz CT molecular complexity index is 1080. The van der Waals surface area contributed by atoms with Crippen LogP contribution in [0.1, 0.15) is 49.8 Å². The number of benzene rings is 2. The largest absolute Gasteiger partial charge is 0.351 e. The van der Waals surface area contributed by atoms with Gasteiger partial charge in [-0.2, -0.15) is 0 Å². The zero-order valence-corrected chi connectivity index (χ0v) is 22.8. The SMILES string of the molecule is CCOC(CNC(=O)C1CCC2S/C(=C\c3ccccc3)C(=O)N(Cc3cccc(C)c3)C2C1)OCC. The first-order chi connectivity index (χ1) is 18.0. The van der Waals surface area contributed by atoms with Gasteiger partial charge >= 0.3 is 0 Å². The maximum absolute atomic E-state index is 13.8. The van der Waals surface area contributed by atoms with E-state index in [9.17, 15) is 9.59 Å². The van der Waals surface area contributed by atoms with Crippen LogP contribution in [0.4, 0.5) is 0 Å². The highest BCUT2D eigenvalue weighted by atomic mass is 32.2. The molecule has 0 spiro atoms. The molecule has 37 heavy (non-hydrogen) atoms. The van der Waals surface area contributed by atoms with Gasteiger partial charge in [-0.25, -0.2) is 0 Å². The van der Waals surface area contributed by atoms with E-state index in [2.05, 4.69) is 30.4 Å². The predicted octanol–water partition coefficient (Wildman–Crippen LogP) is 5.16. The van der Waals surface area contributed by atoms with E-state index in [1.807, 2.05) is 61.2 Å². The number of hydrogen-bond acceptors (Lipinski definition) is 5. The first-order valence-corrected chi connectivity index (χ1v) is 14.2. The second-order valence-corrected chi connectivity index (χ2v) is 10.9. The molecule has 1 aliphatic carbocycles. The molecule has 3 atom stereocenters. The van der Waals surface area contributed by atoms with Gasteiger partial charge < -0.3 is 19.7 Å². The number of nitrogens with one attached hydrogen (secondary N) is 1.